The molecule has 0 aromatic carbocycles. The molecule has 0 rings (SSSR count). The Morgan fingerprint density at radius 1 is 0.950 bits per heavy atom. The molecule has 0 amide bonds. The highest BCUT2D eigenvalue weighted by molar-refractivity contribution is 5.74. The fraction of sp³-hybridized carbons (Fsp3) is 0.941. The number of esters is 1. The van der Waals surface area contributed by atoms with Crippen LogP contribution < -0.4 is 0 Å². The summed E-state index contributed by atoms with van der Waals surface area (Å²) < 4.78 is 4.49. The van der Waals surface area contributed by atoms with Crippen LogP contribution in [-0.4, -0.2) is 24.3 Å². The Hall–Kier alpha value is -0.570. The quantitative estimate of drug-likeness (QED) is 0.401. The number of carbonyl (C=O) groups excluding carboxylic acids is 1. The number of ether oxygens (including phenoxy) is 1. The lowest BCUT2D eigenvalue weighted by molar-refractivity contribution is -0.150. The molecule has 0 aliphatic rings. The molecular weight excluding hydrogens is 252 g/mol. The maximum atomic E-state index is 11.0. The first-order chi connectivity index (χ1) is 9.61. The first kappa shape index (κ1) is 19.4. The third kappa shape index (κ3) is 11.3. The van der Waals surface area contributed by atoms with E-state index in [0.717, 1.165) is 18.8 Å². The summed E-state index contributed by atoms with van der Waals surface area (Å²) in [5.41, 5.74) is 0. The van der Waals surface area contributed by atoms with Gasteiger partial charge in [0.15, 0.2) is 6.10 Å². The van der Waals surface area contributed by atoms with Gasteiger partial charge in [-0.25, -0.2) is 4.79 Å². The Labute approximate surface area is 125 Å². The molecule has 0 radical (unpaired) electrons. The first-order valence-electron chi connectivity index (χ1n) is 8.37. The summed E-state index contributed by atoms with van der Waals surface area (Å²) in [6.45, 7) is 4.62. The van der Waals surface area contributed by atoms with Gasteiger partial charge >= 0.3 is 5.97 Å². The molecule has 1 unspecified atom stereocenters. The lowest BCUT2D eigenvalue weighted by Gasteiger charge is -2.11. The van der Waals surface area contributed by atoms with Crippen molar-refractivity contribution in [2.24, 2.45) is 5.92 Å². The zero-order valence-corrected chi connectivity index (χ0v) is 13.7. The Bertz CT molecular complexity index is 228. The highest BCUT2D eigenvalue weighted by atomic mass is 16.5. The lowest BCUT2D eigenvalue weighted by atomic mass is 9.96. The second-order valence-corrected chi connectivity index (χ2v) is 5.99. The summed E-state index contributed by atoms with van der Waals surface area (Å²) in [6, 6.07) is 0. The van der Waals surface area contributed by atoms with E-state index >= 15 is 0 Å². The van der Waals surface area contributed by atoms with Gasteiger partial charge in [-0.15, -0.1) is 0 Å². The van der Waals surface area contributed by atoms with E-state index in [0.29, 0.717) is 6.42 Å². The molecule has 0 fully saturated rings. The average molecular weight is 286 g/mol. The normalized spacial score (nSPS) is 14.0. The Morgan fingerprint density at radius 2 is 1.45 bits per heavy atom. The maximum absolute atomic E-state index is 11.0. The molecule has 1 N–H and O–H groups in total. The van der Waals surface area contributed by atoms with Gasteiger partial charge in [0, 0.05) is 0 Å². The SMILES string of the molecule is CCCCCC(C)CCCCCCC[C@H](O)C(=O)OC. The van der Waals surface area contributed by atoms with Gasteiger partial charge in [0.2, 0.25) is 0 Å². The summed E-state index contributed by atoms with van der Waals surface area (Å²) in [4.78, 5) is 11.0. The van der Waals surface area contributed by atoms with Crippen molar-refractivity contribution in [3.05, 3.63) is 0 Å². The van der Waals surface area contributed by atoms with E-state index in [-0.39, 0.29) is 0 Å². The lowest BCUT2D eigenvalue weighted by Crippen LogP contribution is -2.21. The third-order valence-electron chi connectivity index (χ3n) is 3.95. The molecule has 20 heavy (non-hydrogen) atoms. The predicted octanol–water partition coefficient (Wildman–Crippen LogP) is 4.47. The van der Waals surface area contributed by atoms with E-state index in [9.17, 15) is 9.90 Å². The van der Waals surface area contributed by atoms with Crippen LogP contribution in [0.3, 0.4) is 0 Å². The molecule has 0 aliphatic heterocycles. The van der Waals surface area contributed by atoms with Crippen molar-refractivity contribution in [2.45, 2.75) is 90.6 Å². The molecule has 120 valence electrons. The van der Waals surface area contributed by atoms with Crippen molar-refractivity contribution in [3.63, 3.8) is 0 Å². The van der Waals surface area contributed by atoms with Crippen LogP contribution in [0, 0.1) is 5.92 Å². The van der Waals surface area contributed by atoms with Crippen LogP contribution in [0.4, 0.5) is 0 Å². The number of unbranched alkanes of at least 4 members (excludes halogenated alkanes) is 6. The van der Waals surface area contributed by atoms with Crippen LogP contribution >= 0.6 is 0 Å². The molecule has 3 heteroatoms. The molecule has 0 bridgehead atoms. The highest BCUT2D eigenvalue weighted by Gasteiger charge is 2.13. The molecule has 0 heterocycles. The van der Waals surface area contributed by atoms with Crippen LogP contribution in [0.5, 0.6) is 0 Å². The average Bonchev–Trinajstić information content (AvgIpc) is 2.45. The monoisotopic (exact) mass is 286 g/mol. The number of methoxy groups -OCH3 is 1. The van der Waals surface area contributed by atoms with Crippen molar-refractivity contribution >= 4 is 5.97 Å². The molecule has 0 aromatic rings. The molecule has 0 saturated carbocycles. The molecule has 2 atom stereocenters. The minimum absolute atomic E-state index is 0.508. The van der Waals surface area contributed by atoms with Gasteiger partial charge in [0.05, 0.1) is 7.11 Å². The van der Waals surface area contributed by atoms with Gasteiger partial charge in [-0.1, -0.05) is 78.1 Å². The summed E-state index contributed by atoms with van der Waals surface area (Å²) >= 11 is 0. The fourth-order valence-electron chi connectivity index (χ4n) is 2.50. The number of hydrogen-bond donors (Lipinski definition) is 1. The van der Waals surface area contributed by atoms with Crippen LogP contribution in [0.15, 0.2) is 0 Å². The zero-order valence-electron chi connectivity index (χ0n) is 13.7. The molecule has 0 aliphatic carbocycles. The van der Waals surface area contributed by atoms with Gasteiger partial charge in [-0.05, 0) is 12.3 Å². The second kappa shape index (κ2) is 13.4. The predicted molar refractivity (Wildman–Crippen MR) is 83.6 cm³/mol. The number of aliphatic hydroxyl groups is 1. The van der Waals surface area contributed by atoms with Crippen LogP contribution in [0.2, 0.25) is 0 Å². The van der Waals surface area contributed by atoms with Crippen molar-refractivity contribution < 1.29 is 14.6 Å². The largest absolute Gasteiger partial charge is 0.467 e. The Kier molecular flexibility index (Phi) is 13.0. The number of rotatable bonds is 13. The van der Waals surface area contributed by atoms with Crippen molar-refractivity contribution in [2.75, 3.05) is 7.11 Å². The van der Waals surface area contributed by atoms with Crippen LogP contribution in [0.25, 0.3) is 0 Å². The Morgan fingerprint density at radius 3 is 2.00 bits per heavy atom. The fourth-order valence-corrected chi connectivity index (χ4v) is 2.50. The topological polar surface area (TPSA) is 46.5 Å². The summed E-state index contributed by atoms with van der Waals surface area (Å²) in [5, 5.41) is 9.42. The second-order valence-electron chi connectivity index (χ2n) is 5.99. The van der Waals surface area contributed by atoms with Crippen molar-refractivity contribution in [3.8, 4) is 0 Å². The van der Waals surface area contributed by atoms with Crippen LogP contribution in [-0.2, 0) is 9.53 Å². The Balaban J connectivity index is 3.30. The summed E-state index contributed by atoms with van der Waals surface area (Å²) in [7, 11) is 1.31. The summed E-state index contributed by atoms with van der Waals surface area (Å²) in [5.74, 6) is 0.355. The molecule has 0 spiro atoms. The molecule has 0 aromatic heterocycles. The van der Waals surface area contributed by atoms with E-state index in [2.05, 4.69) is 18.6 Å². The van der Waals surface area contributed by atoms with E-state index in [4.69, 9.17) is 0 Å². The molecular formula is C17H34O3. The van der Waals surface area contributed by atoms with Crippen LogP contribution in [0.1, 0.15) is 84.5 Å². The minimum atomic E-state index is -0.932. The van der Waals surface area contributed by atoms with Gasteiger partial charge in [-0.3, -0.25) is 0 Å². The number of hydrogen-bond acceptors (Lipinski definition) is 3. The first-order valence-corrected chi connectivity index (χ1v) is 8.37. The van der Waals surface area contributed by atoms with Gasteiger partial charge in [0.25, 0.3) is 0 Å². The standard InChI is InChI=1S/C17H34O3/c1-4-5-9-12-15(2)13-10-7-6-8-11-14-16(18)17(19)20-3/h15-16,18H,4-14H2,1-3H3/t15?,16-/m0/s1. The van der Waals surface area contributed by atoms with Gasteiger partial charge in [0.1, 0.15) is 0 Å². The van der Waals surface area contributed by atoms with Crippen molar-refractivity contribution in [1.29, 1.82) is 0 Å². The smallest absolute Gasteiger partial charge is 0.334 e. The molecule has 0 saturated heterocycles. The van der Waals surface area contributed by atoms with E-state index < -0.39 is 12.1 Å². The highest BCUT2D eigenvalue weighted by Crippen LogP contribution is 2.17. The zero-order chi connectivity index (χ0) is 15.2. The molecule has 3 nitrogen and oxygen atoms in total. The third-order valence-corrected chi connectivity index (χ3v) is 3.95. The maximum Gasteiger partial charge on any atom is 0.334 e. The number of aliphatic hydroxyl groups excluding tert-OH is 1. The van der Waals surface area contributed by atoms with Crippen molar-refractivity contribution in [1.82, 2.24) is 0 Å². The van der Waals surface area contributed by atoms with E-state index in [1.165, 1.54) is 58.5 Å². The van der Waals surface area contributed by atoms with E-state index in [1.54, 1.807) is 0 Å². The number of carbonyl (C=O) groups is 1. The van der Waals surface area contributed by atoms with Gasteiger partial charge < -0.3 is 9.84 Å². The summed E-state index contributed by atoms with van der Waals surface area (Å²) in [6.07, 6.45) is 12.2. The minimum Gasteiger partial charge on any atom is -0.467 e. The van der Waals surface area contributed by atoms with E-state index in [1.807, 2.05) is 0 Å². The van der Waals surface area contributed by atoms with Gasteiger partial charge in [-0.2, -0.15) is 0 Å².